The molecule has 0 amide bonds. The van der Waals surface area contributed by atoms with Crippen LogP contribution in [0.4, 0.5) is 0 Å². The van der Waals surface area contributed by atoms with Gasteiger partial charge in [-0.2, -0.15) is 0 Å². The lowest BCUT2D eigenvalue weighted by molar-refractivity contribution is -0.138. The van der Waals surface area contributed by atoms with E-state index in [0.717, 1.165) is 16.7 Å². The summed E-state index contributed by atoms with van der Waals surface area (Å²) in [5, 5.41) is 8.95. The number of aryl methyl sites for hydroxylation is 2. The summed E-state index contributed by atoms with van der Waals surface area (Å²) in [7, 11) is 0. The summed E-state index contributed by atoms with van der Waals surface area (Å²) >= 11 is 0. The van der Waals surface area contributed by atoms with Crippen molar-refractivity contribution < 1.29 is 9.90 Å². The first-order chi connectivity index (χ1) is 7.39. The van der Waals surface area contributed by atoms with E-state index in [2.05, 4.69) is 0 Å². The molecule has 0 radical (unpaired) electrons. The standard InChI is InChI=1S/C13H19NO2/c1-9-4-5-10(2)11(6-9)13(3,8-14)7-12(15)16/h4-6H,7-8,14H2,1-3H3,(H,15,16). The largest absolute Gasteiger partial charge is 0.481 e. The van der Waals surface area contributed by atoms with Crippen LogP contribution in [0.1, 0.15) is 30.0 Å². The summed E-state index contributed by atoms with van der Waals surface area (Å²) in [5.41, 5.74) is 8.53. The molecule has 3 nitrogen and oxygen atoms in total. The van der Waals surface area contributed by atoms with Crippen LogP contribution < -0.4 is 5.73 Å². The number of carboxylic acid groups (broad SMARTS) is 1. The molecule has 0 aliphatic heterocycles. The van der Waals surface area contributed by atoms with Gasteiger partial charge in [0, 0.05) is 12.0 Å². The molecular weight excluding hydrogens is 202 g/mol. The third kappa shape index (κ3) is 2.61. The topological polar surface area (TPSA) is 63.3 Å². The van der Waals surface area contributed by atoms with E-state index in [4.69, 9.17) is 10.8 Å². The highest BCUT2D eigenvalue weighted by Crippen LogP contribution is 2.30. The summed E-state index contributed by atoms with van der Waals surface area (Å²) in [6.45, 7) is 6.23. The number of hydrogen-bond donors (Lipinski definition) is 2. The molecule has 1 unspecified atom stereocenters. The second-order valence-electron chi connectivity index (χ2n) is 4.65. The summed E-state index contributed by atoms with van der Waals surface area (Å²) in [5.74, 6) is -0.811. The highest BCUT2D eigenvalue weighted by atomic mass is 16.4. The number of carboxylic acids is 1. The lowest BCUT2D eigenvalue weighted by Crippen LogP contribution is -2.35. The molecule has 0 bridgehead atoms. The van der Waals surface area contributed by atoms with Gasteiger partial charge in [-0.05, 0) is 25.0 Å². The third-order valence-corrected chi connectivity index (χ3v) is 3.04. The second kappa shape index (κ2) is 4.66. The second-order valence-corrected chi connectivity index (χ2v) is 4.65. The molecule has 3 heteroatoms. The van der Waals surface area contributed by atoms with Gasteiger partial charge in [0.1, 0.15) is 0 Å². The lowest BCUT2D eigenvalue weighted by Gasteiger charge is -2.28. The number of rotatable bonds is 4. The van der Waals surface area contributed by atoms with Crippen LogP contribution in [0.2, 0.25) is 0 Å². The molecule has 1 aromatic carbocycles. The molecule has 16 heavy (non-hydrogen) atoms. The minimum absolute atomic E-state index is 0.0633. The maximum atomic E-state index is 10.9. The predicted molar refractivity (Wildman–Crippen MR) is 64.6 cm³/mol. The van der Waals surface area contributed by atoms with Crippen LogP contribution in [0, 0.1) is 13.8 Å². The van der Waals surface area contributed by atoms with Crippen molar-refractivity contribution in [3.63, 3.8) is 0 Å². The monoisotopic (exact) mass is 221 g/mol. The Kier molecular flexibility index (Phi) is 3.70. The van der Waals surface area contributed by atoms with Crippen LogP contribution in [0.25, 0.3) is 0 Å². The van der Waals surface area contributed by atoms with Gasteiger partial charge in [-0.3, -0.25) is 4.79 Å². The zero-order chi connectivity index (χ0) is 12.3. The van der Waals surface area contributed by atoms with E-state index in [1.165, 1.54) is 0 Å². The maximum absolute atomic E-state index is 10.9. The fraction of sp³-hybridized carbons (Fsp3) is 0.462. The Bertz CT molecular complexity index is 401. The van der Waals surface area contributed by atoms with Crippen molar-refractivity contribution in [2.45, 2.75) is 32.6 Å². The summed E-state index contributed by atoms with van der Waals surface area (Å²) in [6.07, 6.45) is 0.0633. The quantitative estimate of drug-likeness (QED) is 0.817. The minimum atomic E-state index is -0.811. The van der Waals surface area contributed by atoms with Crippen molar-refractivity contribution in [1.82, 2.24) is 0 Å². The first-order valence-electron chi connectivity index (χ1n) is 5.38. The predicted octanol–water partition coefficient (Wildman–Crippen LogP) is 1.99. The molecule has 0 spiro atoms. The van der Waals surface area contributed by atoms with Crippen molar-refractivity contribution in [2.24, 2.45) is 5.73 Å². The molecule has 1 rings (SSSR count). The molecule has 3 N–H and O–H groups in total. The normalized spacial score (nSPS) is 14.5. The van der Waals surface area contributed by atoms with Crippen LogP contribution in [0.15, 0.2) is 18.2 Å². The number of aliphatic carboxylic acids is 1. The van der Waals surface area contributed by atoms with Gasteiger partial charge in [-0.15, -0.1) is 0 Å². The van der Waals surface area contributed by atoms with Crippen molar-refractivity contribution in [3.05, 3.63) is 34.9 Å². The van der Waals surface area contributed by atoms with E-state index >= 15 is 0 Å². The maximum Gasteiger partial charge on any atom is 0.304 e. The van der Waals surface area contributed by atoms with Gasteiger partial charge in [0.25, 0.3) is 0 Å². The first-order valence-corrected chi connectivity index (χ1v) is 5.38. The van der Waals surface area contributed by atoms with Crippen LogP contribution >= 0.6 is 0 Å². The average Bonchev–Trinajstić information content (AvgIpc) is 2.20. The van der Waals surface area contributed by atoms with Crippen molar-refractivity contribution in [1.29, 1.82) is 0 Å². The molecule has 0 saturated heterocycles. The molecule has 0 aliphatic carbocycles. The average molecular weight is 221 g/mol. The highest BCUT2D eigenvalue weighted by Gasteiger charge is 2.29. The van der Waals surface area contributed by atoms with Gasteiger partial charge in [0.2, 0.25) is 0 Å². The van der Waals surface area contributed by atoms with Crippen LogP contribution in [-0.2, 0) is 10.2 Å². The molecule has 0 aliphatic rings. The fourth-order valence-corrected chi connectivity index (χ4v) is 2.00. The van der Waals surface area contributed by atoms with Crippen molar-refractivity contribution in [2.75, 3.05) is 6.54 Å². The molecular formula is C13H19NO2. The Morgan fingerprint density at radius 3 is 2.56 bits per heavy atom. The Hall–Kier alpha value is -1.35. The van der Waals surface area contributed by atoms with Gasteiger partial charge in [-0.1, -0.05) is 30.7 Å². The van der Waals surface area contributed by atoms with E-state index in [0.29, 0.717) is 6.54 Å². The SMILES string of the molecule is Cc1ccc(C)c(C(C)(CN)CC(=O)O)c1. The molecule has 0 aromatic heterocycles. The van der Waals surface area contributed by atoms with Crippen molar-refractivity contribution in [3.8, 4) is 0 Å². The van der Waals surface area contributed by atoms with E-state index in [9.17, 15) is 4.79 Å². The Labute approximate surface area is 96.3 Å². The number of carbonyl (C=O) groups is 1. The number of hydrogen-bond acceptors (Lipinski definition) is 2. The zero-order valence-corrected chi connectivity index (χ0v) is 10.1. The molecule has 0 saturated carbocycles. The molecule has 0 heterocycles. The minimum Gasteiger partial charge on any atom is -0.481 e. The van der Waals surface area contributed by atoms with E-state index in [1.54, 1.807) is 0 Å². The van der Waals surface area contributed by atoms with Gasteiger partial charge >= 0.3 is 5.97 Å². The lowest BCUT2D eigenvalue weighted by atomic mass is 9.77. The van der Waals surface area contributed by atoms with Gasteiger partial charge < -0.3 is 10.8 Å². The Balaban J connectivity index is 3.21. The van der Waals surface area contributed by atoms with Crippen LogP contribution in [-0.4, -0.2) is 17.6 Å². The van der Waals surface area contributed by atoms with Gasteiger partial charge in [-0.25, -0.2) is 0 Å². The van der Waals surface area contributed by atoms with Crippen molar-refractivity contribution >= 4 is 5.97 Å². The third-order valence-electron chi connectivity index (χ3n) is 3.04. The van der Waals surface area contributed by atoms with Crippen LogP contribution in [0.3, 0.4) is 0 Å². The Morgan fingerprint density at radius 2 is 2.06 bits per heavy atom. The summed E-state index contributed by atoms with van der Waals surface area (Å²) in [6, 6.07) is 6.07. The molecule has 1 atom stereocenters. The zero-order valence-electron chi connectivity index (χ0n) is 10.1. The summed E-state index contributed by atoms with van der Waals surface area (Å²) < 4.78 is 0. The smallest absolute Gasteiger partial charge is 0.304 e. The van der Waals surface area contributed by atoms with Crippen LogP contribution in [0.5, 0.6) is 0 Å². The van der Waals surface area contributed by atoms with Gasteiger partial charge in [0.15, 0.2) is 0 Å². The fourth-order valence-electron chi connectivity index (χ4n) is 2.00. The first kappa shape index (κ1) is 12.7. The number of nitrogens with two attached hydrogens (primary N) is 1. The molecule has 0 fully saturated rings. The highest BCUT2D eigenvalue weighted by molar-refractivity contribution is 5.69. The molecule has 1 aromatic rings. The van der Waals surface area contributed by atoms with E-state index in [-0.39, 0.29) is 6.42 Å². The summed E-state index contributed by atoms with van der Waals surface area (Å²) in [4.78, 5) is 10.9. The number of benzene rings is 1. The van der Waals surface area contributed by atoms with E-state index in [1.807, 2.05) is 39.0 Å². The van der Waals surface area contributed by atoms with E-state index < -0.39 is 11.4 Å². The molecule has 88 valence electrons. The van der Waals surface area contributed by atoms with Gasteiger partial charge in [0.05, 0.1) is 6.42 Å². The Morgan fingerprint density at radius 1 is 1.44 bits per heavy atom.